The standard InChI is InChI=1S/C16H30N2O/c1-15(2)8-4-10-18(15)14-5-3-9-16(11-14,12-19)17-13-6-7-13/h13-14,17,19H,3-12H2,1-2H3. The minimum atomic E-state index is 0.0166. The van der Waals surface area contributed by atoms with Crippen LogP contribution < -0.4 is 5.32 Å². The van der Waals surface area contributed by atoms with E-state index in [2.05, 4.69) is 24.1 Å². The van der Waals surface area contributed by atoms with E-state index in [1.807, 2.05) is 0 Å². The summed E-state index contributed by atoms with van der Waals surface area (Å²) < 4.78 is 0. The zero-order valence-electron chi connectivity index (χ0n) is 12.6. The SMILES string of the molecule is CC1(C)CCCN1C1CCCC(CO)(NC2CC2)C1. The molecule has 2 saturated carbocycles. The summed E-state index contributed by atoms with van der Waals surface area (Å²) in [5.41, 5.74) is 0.380. The molecule has 3 aliphatic rings. The fourth-order valence-corrected chi connectivity index (χ4v) is 4.38. The first-order valence-corrected chi connectivity index (χ1v) is 8.20. The predicted molar refractivity (Wildman–Crippen MR) is 78.2 cm³/mol. The maximum Gasteiger partial charge on any atom is 0.0613 e. The highest BCUT2D eigenvalue weighted by Crippen LogP contribution is 2.39. The topological polar surface area (TPSA) is 35.5 Å². The molecule has 2 unspecified atom stereocenters. The van der Waals surface area contributed by atoms with E-state index >= 15 is 0 Å². The van der Waals surface area contributed by atoms with Crippen molar-refractivity contribution in [3.8, 4) is 0 Å². The highest BCUT2D eigenvalue weighted by atomic mass is 16.3. The maximum atomic E-state index is 9.93. The van der Waals surface area contributed by atoms with Crippen molar-refractivity contribution in [2.45, 2.75) is 88.4 Å². The molecule has 3 fully saturated rings. The van der Waals surface area contributed by atoms with E-state index in [1.54, 1.807) is 0 Å². The van der Waals surface area contributed by atoms with Crippen LogP contribution in [0.15, 0.2) is 0 Å². The van der Waals surface area contributed by atoms with E-state index in [4.69, 9.17) is 0 Å². The molecule has 0 aromatic rings. The molecule has 0 aromatic carbocycles. The molecule has 1 aliphatic heterocycles. The van der Waals surface area contributed by atoms with Gasteiger partial charge in [-0.15, -0.1) is 0 Å². The normalized spacial score (nSPS) is 39.6. The van der Waals surface area contributed by atoms with Crippen molar-refractivity contribution in [1.29, 1.82) is 0 Å². The minimum absolute atomic E-state index is 0.0166. The highest BCUT2D eigenvalue weighted by Gasteiger charge is 2.44. The molecule has 2 aliphatic carbocycles. The van der Waals surface area contributed by atoms with E-state index in [0.717, 1.165) is 12.8 Å². The largest absolute Gasteiger partial charge is 0.394 e. The Kier molecular flexibility index (Phi) is 3.65. The number of likely N-dealkylation sites (tertiary alicyclic amines) is 1. The molecule has 1 saturated heterocycles. The molecule has 0 spiro atoms. The summed E-state index contributed by atoms with van der Waals surface area (Å²) in [6.45, 7) is 6.35. The van der Waals surface area contributed by atoms with Crippen molar-refractivity contribution in [3.05, 3.63) is 0 Å². The molecule has 0 amide bonds. The van der Waals surface area contributed by atoms with Gasteiger partial charge in [0, 0.05) is 23.2 Å². The first kappa shape index (κ1) is 13.8. The van der Waals surface area contributed by atoms with Gasteiger partial charge in [0.25, 0.3) is 0 Å². The Morgan fingerprint density at radius 3 is 2.53 bits per heavy atom. The lowest BCUT2D eigenvalue weighted by molar-refractivity contribution is 0.0304. The molecular weight excluding hydrogens is 236 g/mol. The monoisotopic (exact) mass is 266 g/mol. The lowest BCUT2D eigenvalue weighted by Gasteiger charge is -2.47. The summed E-state index contributed by atoms with van der Waals surface area (Å²) in [6, 6.07) is 1.36. The molecule has 3 heteroatoms. The molecule has 110 valence electrons. The second kappa shape index (κ2) is 5.01. The van der Waals surface area contributed by atoms with Crippen LogP contribution in [0.5, 0.6) is 0 Å². The molecule has 3 nitrogen and oxygen atoms in total. The predicted octanol–water partition coefficient (Wildman–Crippen LogP) is 2.29. The fourth-order valence-electron chi connectivity index (χ4n) is 4.38. The van der Waals surface area contributed by atoms with Crippen molar-refractivity contribution in [1.82, 2.24) is 10.2 Å². The van der Waals surface area contributed by atoms with Crippen molar-refractivity contribution in [2.24, 2.45) is 0 Å². The van der Waals surface area contributed by atoms with Crippen LogP contribution in [-0.2, 0) is 0 Å². The van der Waals surface area contributed by atoms with Crippen molar-refractivity contribution < 1.29 is 5.11 Å². The van der Waals surface area contributed by atoms with Crippen LogP contribution in [0, 0.1) is 0 Å². The summed E-state index contributed by atoms with van der Waals surface area (Å²) in [4.78, 5) is 2.73. The van der Waals surface area contributed by atoms with Gasteiger partial charge in [-0.25, -0.2) is 0 Å². The number of aliphatic hydroxyl groups is 1. The van der Waals surface area contributed by atoms with Crippen molar-refractivity contribution >= 4 is 0 Å². The van der Waals surface area contributed by atoms with E-state index in [-0.39, 0.29) is 5.54 Å². The summed E-state index contributed by atoms with van der Waals surface area (Å²) >= 11 is 0. The number of nitrogens with zero attached hydrogens (tertiary/aromatic N) is 1. The Morgan fingerprint density at radius 2 is 1.95 bits per heavy atom. The Labute approximate surface area is 117 Å². The van der Waals surface area contributed by atoms with Crippen molar-refractivity contribution in [2.75, 3.05) is 13.2 Å². The van der Waals surface area contributed by atoms with Gasteiger partial charge >= 0.3 is 0 Å². The lowest BCUT2D eigenvalue weighted by atomic mass is 9.78. The minimum Gasteiger partial charge on any atom is -0.394 e. The number of rotatable bonds is 4. The Morgan fingerprint density at radius 1 is 1.16 bits per heavy atom. The van der Waals surface area contributed by atoms with Gasteiger partial charge in [-0.2, -0.15) is 0 Å². The van der Waals surface area contributed by atoms with Gasteiger partial charge in [0.05, 0.1) is 6.61 Å². The Balaban J connectivity index is 1.69. The second-order valence-electron chi connectivity index (χ2n) is 7.72. The zero-order valence-corrected chi connectivity index (χ0v) is 12.6. The number of hydrogen-bond donors (Lipinski definition) is 2. The quantitative estimate of drug-likeness (QED) is 0.819. The van der Waals surface area contributed by atoms with Gasteiger partial charge in [0.1, 0.15) is 0 Å². The molecule has 19 heavy (non-hydrogen) atoms. The van der Waals surface area contributed by atoms with Crippen LogP contribution in [-0.4, -0.2) is 46.3 Å². The zero-order chi connectivity index (χ0) is 13.5. The molecule has 0 bridgehead atoms. The van der Waals surface area contributed by atoms with Crippen LogP contribution in [0.4, 0.5) is 0 Å². The third kappa shape index (κ3) is 2.84. The number of hydrogen-bond acceptors (Lipinski definition) is 3. The first-order chi connectivity index (χ1) is 9.05. The smallest absolute Gasteiger partial charge is 0.0613 e. The molecule has 2 atom stereocenters. The van der Waals surface area contributed by atoms with Gasteiger partial charge < -0.3 is 10.4 Å². The van der Waals surface area contributed by atoms with Crippen LogP contribution in [0.25, 0.3) is 0 Å². The maximum absolute atomic E-state index is 9.93. The van der Waals surface area contributed by atoms with E-state index < -0.39 is 0 Å². The number of aliphatic hydroxyl groups excluding tert-OH is 1. The van der Waals surface area contributed by atoms with E-state index in [1.165, 1.54) is 45.1 Å². The van der Waals surface area contributed by atoms with Gasteiger partial charge in [-0.1, -0.05) is 0 Å². The van der Waals surface area contributed by atoms with Crippen LogP contribution in [0.3, 0.4) is 0 Å². The van der Waals surface area contributed by atoms with E-state index in [0.29, 0.717) is 24.2 Å². The Bertz CT molecular complexity index is 327. The molecule has 0 aromatic heterocycles. The van der Waals surface area contributed by atoms with Gasteiger partial charge in [0.15, 0.2) is 0 Å². The molecule has 0 radical (unpaired) electrons. The lowest BCUT2D eigenvalue weighted by Crippen LogP contribution is -2.58. The third-order valence-corrected chi connectivity index (χ3v) is 5.62. The van der Waals surface area contributed by atoms with Crippen LogP contribution in [0.1, 0.15) is 65.2 Å². The Hall–Kier alpha value is -0.120. The van der Waals surface area contributed by atoms with Gasteiger partial charge in [0.2, 0.25) is 0 Å². The molecule has 2 N–H and O–H groups in total. The van der Waals surface area contributed by atoms with E-state index in [9.17, 15) is 5.11 Å². The molecule has 1 heterocycles. The first-order valence-electron chi connectivity index (χ1n) is 8.20. The molecule has 3 rings (SSSR count). The summed E-state index contributed by atoms with van der Waals surface area (Å²) in [6.07, 6.45) is 10.2. The average molecular weight is 266 g/mol. The van der Waals surface area contributed by atoms with Crippen LogP contribution >= 0.6 is 0 Å². The molecular formula is C16H30N2O. The average Bonchev–Trinajstić information content (AvgIpc) is 3.11. The third-order valence-electron chi connectivity index (χ3n) is 5.62. The van der Waals surface area contributed by atoms with Gasteiger partial charge in [-0.05, 0) is 71.8 Å². The second-order valence-corrected chi connectivity index (χ2v) is 7.72. The fraction of sp³-hybridized carbons (Fsp3) is 1.00. The summed E-state index contributed by atoms with van der Waals surface area (Å²) in [5.74, 6) is 0. The number of nitrogens with one attached hydrogen (secondary N) is 1. The summed E-state index contributed by atoms with van der Waals surface area (Å²) in [5, 5.41) is 13.7. The van der Waals surface area contributed by atoms with Gasteiger partial charge in [-0.3, -0.25) is 4.90 Å². The summed E-state index contributed by atoms with van der Waals surface area (Å²) in [7, 11) is 0. The van der Waals surface area contributed by atoms with Crippen LogP contribution in [0.2, 0.25) is 0 Å². The highest BCUT2D eigenvalue weighted by molar-refractivity contribution is 5.03. The van der Waals surface area contributed by atoms with Crippen molar-refractivity contribution in [3.63, 3.8) is 0 Å².